The van der Waals surface area contributed by atoms with Crippen molar-refractivity contribution in [3.63, 3.8) is 0 Å². The van der Waals surface area contributed by atoms with Crippen LogP contribution in [0, 0.1) is 17.0 Å². The van der Waals surface area contributed by atoms with Gasteiger partial charge in [-0.25, -0.2) is 4.79 Å². The minimum Gasteiger partial charge on any atom is -0.489 e. The highest BCUT2D eigenvalue weighted by Gasteiger charge is 2.10. The number of carbonyl (C=O) groups is 1. The molecule has 0 amide bonds. The van der Waals surface area contributed by atoms with Crippen molar-refractivity contribution in [2.45, 2.75) is 13.8 Å². The lowest BCUT2D eigenvalue weighted by atomic mass is 10.2. The van der Waals surface area contributed by atoms with Crippen LogP contribution in [0.15, 0.2) is 29.8 Å². The zero-order chi connectivity index (χ0) is 13.7. The van der Waals surface area contributed by atoms with Crippen LogP contribution in [0.25, 0.3) is 0 Å². The summed E-state index contributed by atoms with van der Waals surface area (Å²) < 4.78 is 5.33. The summed E-state index contributed by atoms with van der Waals surface area (Å²) in [6, 6.07) is 4.40. The monoisotopic (exact) mass is 251 g/mol. The largest absolute Gasteiger partial charge is 0.489 e. The lowest BCUT2D eigenvalue weighted by Gasteiger charge is -2.07. The number of carboxylic acids is 1. The van der Waals surface area contributed by atoms with E-state index in [0.717, 1.165) is 6.08 Å². The number of nitro groups is 1. The molecule has 0 aromatic heterocycles. The van der Waals surface area contributed by atoms with Crippen molar-refractivity contribution in [1.82, 2.24) is 0 Å². The molecule has 0 aliphatic heterocycles. The number of aryl methyl sites for hydroxylation is 1. The van der Waals surface area contributed by atoms with Gasteiger partial charge in [-0.1, -0.05) is 0 Å². The number of carboxylic acid groups (broad SMARTS) is 1. The highest BCUT2D eigenvalue weighted by atomic mass is 16.6. The fourth-order valence-electron chi connectivity index (χ4n) is 1.37. The standard InChI is InChI=1S/C12H13NO5/c1-8(5-12(14)15)7-18-10-3-4-11(13(16)17)9(2)6-10/h3-6H,7H2,1-2H3,(H,14,15). The van der Waals surface area contributed by atoms with Gasteiger partial charge in [0.05, 0.1) is 4.92 Å². The Morgan fingerprint density at radius 3 is 2.72 bits per heavy atom. The van der Waals surface area contributed by atoms with Crippen LogP contribution >= 0.6 is 0 Å². The molecule has 0 aliphatic rings. The second-order valence-electron chi connectivity index (χ2n) is 3.82. The molecule has 1 N–H and O–H groups in total. The lowest BCUT2D eigenvalue weighted by molar-refractivity contribution is -0.385. The van der Waals surface area contributed by atoms with Gasteiger partial charge in [-0.2, -0.15) is 0 Å². The number of nitro benzene ring substituents is 1. The topological polar surface area (TPSA) is 89.7 Å². The Kier molecular flexibility index (Phi) is 4.42. The Labute approximate surface area is 104 Å². The van der Waals surface area contributed by atoms with Crippen molar-refractivity contribution in [3.05, 3.63) is 45.5 Å². The number of rotatable bonds is 5. The van der Waals surface area contributed by atoms with Crippen LogP contribution in [0.2, 0.25) is 0 Å². The molecule has 0 spiro atoms. The predicted octanol–water partition coefficient (Wildman–Crippen LogP) is 2.31. The molecule has 0 atom stereocenters. The van der Waals surface area contributed by atoms with Gasteiger partial charge in [0, 0.05) is 17.7 Å². The summed E-state index contributed by atoms with van der Waals surface area (Å²) in [7, 11) is 0. The number of nitrogens with zero attached hydrogens (tertiary/aromatic N) is 1. The molecule has 0 heterocycles. The highest BCUT2D eigenvalue weighted by Crippen LogP contribution is 2.23. The van der Waals surface area contributed by atoms with E-state index >= 15 is 0 Å². The first kappa shape index (κ1) is 13.7. The van der Waals surface area contributed by atoms with Gasteiger partial charge in [0.2, 0.25) is 0 Å². The summed E-state index contributed by atoms with van der Waals surface area (Å²) in [5, 5.41) is 19.1. The number of hydrogen-bond donors (Lipinski definition) is 1. The maximum absolute atomic E-state index is 10.6. The maximum atomic E-state index is 10.6. The second-order valence-corrected chi connectivity index (χ2v) is 3.82. The quantitative estimate of drug-likeness (QED) is 0.492. The van der Waals surface area contributed by atoms with Crippen molar-refractivity contribution >= 4 is 11.7 Å². The number of aliphatic carboxylic acids is 1. The van der Waals surface area contributed by atoms with Crippen molar-refractivity contribution in [1.29, 1.82) is 0 Å². The van der Waals surface area contributed by atoms with Crippen molar-refractivity contribution < 1.29 is 19.6 Å². The SMILES string of the molecule is CC(=CC(=O)O)COc1ccc([N+](=O)[O-])c(C)c1. The van der Waals surface area contributed by atoms with Crippen LogP contribution in [0.4, 0.5) is 5.69 Å². The molecule has 0 fully saturated rings. The Morgan fingerprint density at radius 1 is 1.56 bits per heavy atom. The van der Waals surface area contributed by atoms with Crippen LogP contribution in [0.3, 0.4) is 0 Å². The van der Waals surface area contributed by atoms with E-state index in [1.165, 1.54) is 12.1 Å². The van der Waals surface area contributed by atoms with Gasteiger partial charge in [-0.3, -0.25) is 10.1 Å². The maximum Gasteiger partial charge on any atom is 0.328 e. The molecular weight excluding hydrogens is 238 g/mol. The molecule has 0 saturated carbocycles. The predicted molar refractivity (Wildman–Crippen MR) is 64.7 cm³/mol. The van der Waals surface area contributed by atoms with Crippen LogP contribution < -0.4 is 4.74 Å². The van der Waals surface area contributed by atoms with Gasteiger partial charge >= 0.3 is 5.97 Å². The number of hydrogen-bond acceptors (Lipinski definition) is 4. The Bertz CT molecular complexity index is 507. The Morgan fingerprint density at radius 2 is 2.22 bits per heavy atom. The molecule has 0 unspecified atom stereocenters. The molecule has 0 saturated heterocycles. The first-order valence-corrected chi connectivity index (χ1v) is 5.18. The van der Waals surface area contributed by atoms with E-state index in [9.17, 15) is 14.9 Å². The Hall–Kier alpha value is -2.37. The summed E-state index contributed by atoms with van der Waals surface area (Å²) in [6.07, 6.45) is 1.05. The average molecular weight is 251 g/mol. The zero-order valence-electron chi connectivity index (χ0n) is 10.0. The fourth-order valence-corrected chi connectivity index (χ4v) is 1.37. The van der Waals surface area contributed by atoms with Gasteiger partial charge in [-0.15, -0.1) is 0 Å². The molecule has 1 aromatic carbocycles. The third-order valence-corrected chi connectivity index (χ3v) is 2.20. The molecule has 0 aliphatic carbocycles. The first-order valence-electron chi connectivity index (χ1n) is 5.18. The van der Waals surface area contributed by atoms with E-state index in [-0.39, 0.29) is 12.3 Å². The third kappa shape index (κ3) is 3.89. The molecule has 0 bridgehead atoms. The molecule has 6 nitrogen and oxygen atoms in total. The normalized spacial score (nSPS) is 11.1. The second kappa shape index (κ2) is 5.81. The first-order chi connectivity index (χ1) is 8.40. The molecule has 0 radical (unpaired) electrons. The van der Waals surface area contributed by atoms with Gasteiger partial charge < -0.3 is 9.84 Å². The van der Waals surface area contributed by atoms with E-state index < -0.39 is 10.9 Å². The van der Waals surface area contributed by atoms with Gasteiger partial charge in [0.1, 0.15) is 12.4 Å². The number of benzene rings is 1. The van der Waals surface area contributed by atoms with E-state index in [4.69, 9.17) is 9.84 Å². The van der Waals surface area contributed by atoms with Crippen LogP contribution in [0.5, 0.6) is 5.75 Å². The average Bonchev–Trinajstić information content (AvgIpc) is 2.25. The van der Waals surface area contributed by atoms with Crippen LogP contribution in [-0.4, -0.2) is 22.6 Å². The molecular formula is C12H13NO5. The summed E-state index contributed by atoms with van der Waals surface area (Å²) >= 11 is 0. The van der Waals surface area contributed by atoms with Gasteiger partial charge in [0.25, 0.3) is 5.69 Å². The Balaban J connectivity index is 2.73. The van der Waals surface area contributed by atoms with E-state index in [2.05, 4.69) is 0 Å². The van der Waals surface area contributed by atoms with Gasteiger partial charge in [-0.05, 0) is 31.6 Å². The smallest absolute Gasteiger partial charge is 0.328 e. The lowest BCUT2D eigenvalue weighted by Crippen LogP contribution is -2.02. The number of ether oxygens (including phenoxy) is 1. The summed E-state index contributed by atoms with van der Waals surface area (Å²) in [4.78, 5) is 20.5. The molecule has 1 aromatic rings. The molecule has 18 heavy (non-hydrogen) atoms. The fraction of sp³-hybridized carbons (Fsp3) is 0.250. The van der Waals surface area contributed by atoms with Crippen molar-refractivity contribution in [2.24, 2.45) is 0 Å². The minimum atomic E-state index is -1.03. The van der Waals surface area contributed by atoms with Crippen molar-refractivity contribution in [2.75, 3.05) is 6.61 Å². The molecule has 96 valence electrons. The van der Waals surface area contributed by atoms with E-state index in [1.807, 2.05) is 0 Å². The minimum absolute atomic E-state index is 0.0279. The molecule has 1 rings (SSSR count). The third-order valence-electron chi connectivity index (χ3n) is 2.20. The van der Waals surface area contributed by atoms with Gasteiger partial charge in [0.15, 0.2) is 0 Å². The summed E-state index contributed by atoms with van der Waals surface area (Å²) in [5.41, 5.74) is 1.08. The van der Waals surface area contributed by atoms with Crippen molar-refractivity contribution in [3.8, 4) is 5.75 Å². The van der Waals surface area contributed by atoms with E-state index in [1.54, 1.807) is 19.9 Å². The van der Waals surface area contributed by atoms with Crippen LogP contribution in [-0.2, 0) is 4.79 Å². The zero-order valence-corrected chi connectivity index (χ0v) is 10.0. The summed E-state index contributed by atoms with van der Waals surface area (Å²) in [6.45, 7) is 3.38. The summed E-state index contributed by atoms with van der Waals surface area (Å²) in [5.74, 6) is -0.563. The molecule has 6 heteroatoms. The van der Waals surface area contributed by atoms with Crippen LogP contribution in [0.1, 0.15) is 12.5 Å². The highest BCUT2D eigenvalue weighted by molar-refractivity contribution is 5.80. The van der Waals surface area contributed by atoms with E-state index in [0.29, 0.717) is 16.9 Å².